The zero-order chi connectivity index (χ0) is 14.5. The van der Waals surface area contributed by atoms with Gasteiger partial charge in [-0.2, -0.15) is 5.26 Å². The van der Waals surface area contributed by atoms with Crippen LogP contribution in [0, 0.1) is 18.3 Å². The molecule has 102 valence electrons. The predicted molar refractivity (Wildman–Crippen MR) is 79.5 cm³/mol. The molecular formula is C15H17N5. The molecule has 5 heteroatoms. The van der Waals surface area contributed by atoms with Crippen molar-refractivity contribution in [2.45, 2.75) is 26.8 Å². The van der Waals surface area contributed by atoms with Crippen LogP contribution >= 0.6 is 0 Å². The number of hydrogen-bond acceptors (Lipinski definition) is 5. The number of rotatable bonds is 3. The fourth-order valence-electron chi connectivity index (χ4n) is 1.81. The topological polar surface area (TPSA) is 73.6 Å². The van der Waals surface area contributed by atoms with Crippen molar-refractivity contribution in [2.75, 3.05) is 5.32 Å². The molecule has 0 spiro atoms. The average Bonchev–Trinajstić information content (AvgIpc) is 2.44. The summed E-state index contributed by atoms with van der Waals surface area (Å²) in [4.78, 5) is 8.69. The second-order valence-corrected chi connectivity index (χ2v) is 4.79. The molecule has 2 heterocycles. The number of allylic oxidation sites excluding steroid dienone is 4. The van der Waals surface area contributed by atoms with Crippen LogP contribution in [0.3, 0.4) is 0 Å². The SMILES string of the molecule is Cc1cnc(NC(C)C)nc1/C(C#N)=C1\C=CC=CN1. The van der Waals surface area contributed by atoms with E-state index in [-0.39, 0.29) is 6.04 Å². The molecule has 0 atom stereocenters. The molecule has 1 aromatic heterocycles. The lowest BCUT2D eigenvalue weighted by Crippen LogP contribution is -2.14. The first-order chi connectivity index (χ1) is 9.61. The van der Waals surface area contributed by atoms with E-state index < -0.39 is 0 Å². The first-order valence-corrected chi connectivity index (χ1v) is 6.46. The highest BCUT2D eigenvalue weighted by Gasteiger charge is 2.13. The molecule has 5 nitrogen and oxygen atoms in total. The molecule has 1 aliphatic rings. The Balaban J connectivity index is 2.47. The van der Waals surface area contributed by atoms with Crippen molar-refractivity contribution in [3.05, 3.63) is 47.6 Å². The monoisotopic (exact) mass is 267 g/mol. The standard InChI is InChI=1S/C15H17N5/c1-10(2)19-15-18-9-11(3)14(20-15)12(8-16)13-6-4-5-7-17-13/h4-7,9-10,17H,1-3H3,(H,18,19,20)/b13-12+. The average molecular weight is 267 g/mol. The van der Waals surface area contributed by atoms with Crippen LogP contribution in [0.2, 0.25) is 0 Å². The molecule has 1 aromatic rings. The Labute approximate surface area is 118 Å². The van der Waals surface area contributed by atoms with Gasteiger partial charge in [0.25, 0.3) is 0 Å². The highest BCUT2D eigenvalue weighted by atomic mass is 15.1. The van der Waals surface area contributed by atoms with E-state index in [4.69, 9.17) is 0 Å². The van der Waals surface area contributed by atoms with Gasteiger partial charge in [-0.05, 0) is 38.5 Å². The van der Waals surface area contributed by atoms with Crippen molar-refractivity contribution < 1.29 is 0 Å². The summed E-state index contributed by atoms with van der Waals surface area (Å²) in [5, 5.41) is 15.7. The van der Waals surface area contributed by atoms with Crippen molar-refractivity contribution in [3.8, 4) is 6.07 Å². The van der Waals surface area contributed by atoms with Crippen LogP contribution in [-0.2, 0) is 0 Å². The molecule has 20 heavy (non-hydrogen) atoms. The second kappa shape index (κ2) is 6.02. The molecule has 0 bridgehead atoms. The smallest absolute Gasteiger partial charge is 0.223 e. The van der Waals surface area contributed by atoms with Crippen molar-refractivity contribution in [1.29, 1.82) is 5.26 Å². The van der Waals surface area contributed by atoms with E-state index in [1.165, 1.54) is 0 Å². The number of nitrogens with one attached hydrogen (secondary N) is 2. The maximum absolute atomic E-state index is 9.44. The van der Waals surface area contributed by atoms with Gasteiger partial charge in [-0.25, -0.2) is 9.97 Å². The van der Waals surface area contributed by atoms with Gasteiger partial charge in [0.15, 0.2) is 0 Å². The van der Waals surface area contributed by atoms with E-state index in [0.29, 0.717) is 17.2 Å². The molecule has 0 amide bonds. The zero-order valence-electron chi connectivity index (χ0n) is 11.8. The number of aromatic nitrogens is 2. The van der Waals surface area contributed by atoms with E-state index in [1.807, 2.05) is 39.0 Å². The van der Waals surface area contributed by atoms with E-state index >= 15 is 0 Å². The number of dihydropyridines is 1. The third-order valence-corrected chi connectivity index (χ3v) is 2.72. The first kappa shape index (κ1) is 13.8. The Morgan fingerprint density at radius 2 is 2.20 bits per heavy atom. The molecule has 0 radical (unpaired) electrons. The van der Waals surface area contributed by atoms with Gasteiger partial charge in [0, 0.05) is 18.4 Å². The van der Waals surface area contributed by atoms with Crippen LogP contribution in [0.1, 0.15) is 25.1 Å². The largest absolute Gasteiger partial charge is 0.361 e. The Bertz CT molecular complexity index is 632. The number of anilines is 1. The number of nitrogens with zero attached hydrogens (tertiary/aromatic N) is 3. The summed E-state index contributed by atoms with van der Waals surface area (Å²) in [6.45, 7) is 5.93. The lowest BCUT2D eigenvalue weighted by atomic mass is 10.1. The van der Waals surface area contributed by atoms with Crippen LogP contribution in [0.25, 0.3) is 5.57 Å². The van der Waals surface area contributed by atoms with Crippen molar-refractivity contribution in [3.63, 3.8) is 0 Å². The molecule has 0 aliphatic carbocycles. The molecule has 0 aromatic carbocycles. The molecular weight excluding hydrogens is 250 g/mol. The van der Waals surface area contributed by atoms with Gasteiger partial charge in [-0.3, -0.25) is 0 Å². The van der Waals surface area contributed by atoms with E-state index in [1.54, 1.807) is 12.4 Å². The van der Waals surface area contributed by atoms with E-state index in [0.717, 1.165) is 11.3 Å². The summed E-state index contributed by atoms with van der Waals surface area (Å²) in [5.74, 6) is 0.532. The Morgan fingerprint density at radius 1 is 1.40 bits per heavy atom. The van der Waals surface area contributed by atoms with E-state index in [2.05, 4.69) is 26.7 Å². The van der Waals surface area contributed by atoms with Gasteiger partial charge in [0.05, 0.1) is 11.4 Å². The molecule has 1 aliphatic heterocycles. The van der Waals surface area contributed by atoms with Crippen LogP contribution in [0.5, 0.6) is 0 Å². The molecule has 2 N–H and O–H groups in total. The van der Waals surface area contributed by atoms with Crippen LogP contribution in [0.15, 0.2) is 36.3 Å². The third kappa shape index (κ3) is 3.04. The number of nitriles is 1. The minimum Gasteiger partial charge on any atom is -0.361 e. The zero-order valence-corrected chi connectivity index (χ0v) is 11.8. The first-order valence-electron chi connectivity index (χ1n) is 6.46. The summed E-state index contributed by atoms with van der Waals surface area (Å²) in [7, 11) is 0. The van der Waals surface area contributed by atoms with Crippen molar-refractivity contribution >= 4 is 11.5 Å². The minimum atomic E-state index is 0.236. The fraction of sp³-hybridized carbons (Fsp3) is 0.267. The summed E-state index contributed by atoms with van der Waals surface area (Å²) in [6, 6.07) is 2.46. The van der Waals surface area contributed by atoms with Crippen molar-refractivity contribution in [1.82, 2.24) is 15.3 Å². The normalized spacial score (nSPS) is 15.8. The van der Waals surface area contributed by atoms with Crippen molar-refractivity contribution in [2.24, 2.45) is 0 Å². The minimum absolute atomic E-state index is 0.236. The molecule has 2 rings (SSSR count). The fourth-order valence-corrected chi connectivity index (χ4v) is 1.81. The van der Waals surface area contributed by atoms with Crippen LogP contribution < -0.4 is 10.6 Å². The summed E-state index contributed by atoms with van der Waals surface area (Å²) in [5.41, 5.74) is 2.77. The maximum Gasteiger partial charge on any atom is 0.223 e. The molecule has 0 saturated carbocycles. The highest BCUT2D eigenvalue weighted by molar-refractivity contribution is 5.80. The third-order valence-electron chi connectivity index (χ3n) is 2.72. The molecule has 0 unspecified atom stereocenters. The van der Waals surface area contributed by atoms with Gasteiger partial charge < -0.3 is 10.6 Å². The van der Waals surface area contributed by atoms with Gasteiger partial charge in [0.1, 0.15) is 11.6 Å². The van der Waals surface area contributed by atoms with Gasteiger partial charge in [-0.1, -0.05) is 6.08 Å². The molecule has 0 fully saturated rings. The summed E-state index contributed by atoms with van der Waals surface area (Å²) < 4.78 is 0. The maximum atomic E-state index is 9.44. The summed E-state index contributed by atoms with van der Waals surface area (Å²) >= 11 is 0. The summed E-state index contributed by atoms with van der Waals surface area (Å²) in [6.07, 6.45) is 9.13. The Morgan fingerprint density at radius 3 is 2.80 bits per heavy atom. The predicted octanol–water partition coefficient (Wildman–Crippen LogP) is 2.51. The Hall–Kier alpha value is -2.61. The van der Waals surface area contributed by atoms with Gasteiger partial charge in [0.2, 0.25) is 5.95 Å². The lowest BCUT2D eigenvalue weighted by Gasteiger charge is -2.13. The van der Waals surface area contributed by atoms with Crippen LogP contribution in [-0.4, -0.2) is 16.0 Å². The lowest BCUT2D eigenvalue weighted by molar-refractivity contribution is 0.871. The van der Waals surface area contributed by atoms with E-state index in [9.17, 15) is 5.26 Å². The quantitative estimate of drug-likeness (QED) is 0.823. The second-order valence-electron chi connectivity index (χ2n) is 4.79. The molecule has 0 saturated heterocycles. The Kier molecular flexibility index (Phi) is 4.16. The van der Waals surface area contributed by atoms with Crippen LogP contribution in [0.4, 0.5) is 5.95 Å². The number of aryl methyl sites for hydroxylation is 1. The highest BCUT2D eigenvalue weighted by Crippen LogP contribution is 2.21. The van der Waals surface area contributed by atoms with Gasteiger partial charge >= 0.3 is 0 Å². The number of hydrogen-bond donors (Lipinski definition) is 2. The van der Waals surface area contributed by atoms with Gasteiger partial charge in [-0.15, -0.1) is 0 Å².